The van der Waals surface area contributed by atoms with Gasteiger partial charge in [0.1, 0.15) is 17.0 Å². The molecule has 174 valence electrons. The average molecular weight is 483 g/mol. The van der Waals surface area contributed by atoms with Crippen LogP contribution in [-0.2, 0) is 9.53 Å². The highest BCUT2D eigenvalue weighted by molar-refractivity contribution is 6.30. The number of hydrogen-bond acceptors (Lipinski definition) is 8. The number of esters is 1. The van der Waals surface area contributed by atoms with Gasteiger partial charge < -0.3 is 18.4 Å². The number of rotatable bonds is 7. The smallest absolute Gasteiger partial charge is 0.346 e. The number of nitrogens with one attached hydrogen (secondary N) is 1. The number of anilines is 1. The summed E-state index contributed by atoms with van der Waals surface area (Å²) in [5.74, 6) is -1.15. The first-order chi connectivity index (χ1) is 16.4. The lowest BCUT2D eigenvalue weighted by atomic mass is 10.1. The zero-order valence-electron chi connectivity index (χ0n) is 18.2. The van der Waals surface area contributed by atoms with Crippen LogP contribution in [0.4, 0.5) is 5.88 Å². The number of amides is 1. The molecule has 1 amide bonds. The second-order valence-corrected chi connectivity index (χ2v) is 7.64. The van der Waals surface area contributed by atoms with Crippen LogP contribution >= 0.6 is 11.6 Å². The third-order valence-electron chi connectivity index (χ3n) is 4.84. The predicted octanol–water partition coefficient (Wildman–Crippen LogP) is 4.60. The van der Waals surface area contributed by atoms with Crippen LogP contribution in [0.25, 0.3) is 22.2 Å². The minimum absolute atomic E-state index is 0.0273. The largest absolute Gasteiger partial charge is 0.484 e. The zero-order chi connectivity index (χ0) is 24.2. The van der Waals surface area contributed by atoms with Crippen molar-refractivity contribution < 1.29 is 28.0 Å². The maximum atomic E-state index is 12.6. The molecule has 10 heteroatoms. The van der Waals surface area contributed by atoms with Crippen LogP contribution < -0.4 is 15.7 Å². The Hall–Kier alpha value is -4.11. The highest BCUT2D eigenvalue weighted by Gasteiger charge is 2.26. The Balaban J connectivity index is 1.52. The molecular weight excluding hydrogens is 464 g/mol. The summed E-state index contributed by atoms with van der Waals surface area (Å²) in [5.41, 5.74) is 1.36. The number of carbonyl (C=O) groups excluding carboxylic acids is 2. The van der Waals surface area contributed by atoms with Gasteiger partial charge in [0.05, 0.1) is 6.61 Å². The fourth-order valence-electron chi connectivity index (χ4n) is 3.28. The van der Waals surface area contributed by atoms with E-state index in [-0.39, 0.29) is 23.7 Å². The van der Waals surface area contributed by atoms with E-state index in [0.717, 1.165) is 10.9 Å². The first-order valence-corrected chi connectivity index (χ1v) is 10.6. The maximum Gasteiger partial charge on any atom is 0.346 e. The summed E-state index contributed by atoms with van der Waals surface area (Å²) in [6, 6.07) is 12.9. The molecule has 4 aromatic rings. The van der Waals surface area contributed by atoms with Crippen molar-refractivity contribution in [2.45, 2.75) is 13.8 Å². The van der Waals surface area contributed by atoms with Crippen molar-refractivity contribution in [2.24, 2.45) is 0 Å². The van der Waals surface area contributed by atoms with Crippen molar-refractivity contribution in [1.82, 2.24) is 5.16 Å². The van der Waals surface area contributed by atoms with E-state index in [1.54, 1.807) is 50.2 Å². The molecule has 4 rings (SSSR count). The third kappa shape index (κ3) is 4.94. The van der Waals surface area contributed by atoms with Crippen LogP contribution in [0.15, 0.2) is 62.3 Å². The topological polar surface area (TPSA) is 121 Å². The van der Waals surface area contributed by atoms with E-state index in [9.17, 15) is 14.4 Å². The van der Waals surface area contributed by atoms with Crippen LogP contribution in [0.2, 0.25) is 5.02 Å². The number of ether oxygens (including phenoxy) is 2. The van der Waals surface area contributed by atoms with Crippen molar-refractivity contribution in [2.75, 3.05) is 18.5 Å². The predicted molar refractivity (Wildman–Crippen MR) is 124 cm³/mol. The Morgan fingerprint density at radius 3 is 2.62 bits per heavy atom. The number of aryl methyl sites for hydroxylation is 1. The van der Waals surface area contributed by atoms with Gasteiger partial charge in [-0.05, 0) is 43.7 Å². The molecule has 0 unspecified atom stereocenters. The van der Waals surface area contributed by atoms with Crippen LogP contribution in [0.5, 0.6) is 5.75 Å². The normalized spacial score (nSPS) is 10.8. The fraction of sp³-hybridized carbons (Fsp3) is 0.167. The minimum Gasteiger partial charge on any atom is -0.484 e. The van der Waals surface area contributed by atoms with E-state index in [4.69, 9.17) is 30.0 Å². The van der Waals surface area contributed by atoms with Gasteiger partial charge in [-0.2, -0.15) is 0 Å². The molecule has 0 aliphatic carbocycles. The molecule has 1 N–H and O–H groups in total. The molecule has 0 radical (unpaired) electrons. The van der Waals surface area contributed by atoms with Crippen LogP contribution in [-0.4, -0.2) is 30.2 Å². The molecule has 0 fully saturated rings. The second-order valence-electron chi connectivity index (χ2n) is 7.21. The summed E-state index contributed by atoms with van der Waals surface area (Å²) in [7, 11) is 0. The summed E-state index contributed by atoms with van der Waals surface area (Å²) in [6.07, 6.45) is 0. The van der Waals surface area contributed by atoms with E-state index in [2.05, 4.69) is 10.5 Å². The number of hydrogen-bond donors (Lipinski definition) is 1. The van der Waals surface area contributed by atoms with E-state index in [1.807, 2.05) is 0 Å². The van der Waals surface area contributed by atoms with Gasteiger partial charge in [-0.15, -0.1) is 0 Å². The molecule has 0 spiro atoms. The Labute approximate surface area is 198 Å². The second kappa shape index (κ2) is 9.80. The number of carbonyl (C=O) groups is 2. The van der Waals surface area contributed by atoms with Gasteiger partial charge in [0.15, 0.2) is 12.2 Å². The van der Waals surface area contributed by atoms with Crippen molar-refractivity contribution >= 4 is 40.3 Å². The molecular formula is C24H19ClN2O7. The summed E-state index contributed by atoms with van der Waals surface area (Å²) >= 11 is 5.93. The van der Waals surface area contributed by atoms with Crippen LogP contribution in [0.3, 0.4) is 0 Å². The minimum atomic E-state index is -0.704. The van der Waals surface area contributed by atoms with Gasteiger partial charge in [0.2, 0.25) is 5.88 Å². The summed E-state index contributed by atoms with van der Waals surface area (Å²) in [5, 5.41) is 7.68. The van der Waals surface area contributed by atoms with Crippen LogP contribution in [0.1, 0.15) is 22.8 Å². The van der Waals surface area contributed by atoms with Crippen molar-refractivity contribution in [1.29, 1.82) is 0 Å². The van der Waals surface area contributed by atoms with E-state index in [0.29, 0.717) is 21.9 Å². The third-order valence-corrected chi connectivity index (χ3v) is 5.09. The summed E-state index contributed by atoms with van der Waals surface area (Å²) < 4.78 is 21.0. The lowest BCUT2D eigenvalue weighted by Gasteiger charge is -2.08. The first-order valence-electron chi connectivity index (χ1n) is 10.3. The van der Waals surface area contributed by atoms with Gasteiger partial charge in [0.25, 0.3) is 5.91 Å². The number of halogens is 1. The molecule has 0 aliphatic heterocycles. The quantitative estimate of drug-likeness (QED) is 0.299. The van der Waals surface area contributed by atoms with Gasteiger partial charge in [0, 0.05) is 28.1 Å². The Kier molecular flexibility index (Phi) is 6.65. The molecule has 0 bridgehead atoms. The van der Waals surface area contributed by atoms with E-state index >= 15 is 0 Å². The number of aromatic nitrogens is 1. The number of fused-ring (bicyclic) bond motifs is 1. The Morgan fingerprint density at radius 1 is 1.12 bits per heavy atom. The number of benzene rings is 2. The van der Waals surface area contributed by atoms with Crippen molar-refractivity contribution in [3.63, 3.8) is 0 Å². The summed E-state index contributed by atoms with van der Waals surface area (Å²) in [6.45, 7) is 3.18. The molecule has 0 saturated carbocycles. The molecule has 0 atom stereocenters. The highest BCUT2D eigenvalue weighted by atomic mass is 35.5. The molecule has 34 heavy (non-hydrogen) atoms. The molecule has 0 saturated heterocycles. The first kappa shape index (κ1) is 23.1. The molecule has 0 aliphatic rings. The van der Waals surface area contributed by atoms with E-state index < -0.39 is 24.1 Å². The lowest BCUT2D eigenvalue weighted by molar-refractivity contribution is -0.118. The Morgan fingerprint density at radius 2 is 1.88 bits per heavy atom. The molecule has 2 aromatic heterocycles. The molecule has 2 aromatic carbocycles. The van der Waals surface area contributed by atoms with E-state index in [1.165, 1.54) is 12.1 Å². The summed E-state index contributed by atoms with van der Waals surface area (Å²) in [4.78, 5) is 36.7. The molecule has 2 heterocycles. The maximum absolute atomic E-state index is 12.6. The zero-order valence-corrected chi connectivity index (χ0v) is 19.0. The molecule has 9 nitrogen and oxygen atoms in total. The average Bonchev–Trinajstić information content (AvgIpc) is 3.21. The van der Waals surface area contributed by atoms with Crippen molar-refractivity contribution in [3.8, 4) is 17.0 Å². The highest BCUT2D eigenvalue weighted by Crippen LogP contribution is 2.30. The van der Waals surface area contributed by atoms with Gasteiger partial charge in [-0.1, -0.05) is 28.9 Å². The SMILES string of the molecule is CCOC(=O)c1c(-c2ccc(Cl)cc2)noc1NC(=O)COc1ccc2c(C)cc(=O)oc2c1. The van der Waals surface area contributed by atoms with Gasteiger partial charge in [-0.3, -0.25) is 10.1 Å². The fourth-order valence-corrected chi connectivity index (χ4v) is 3.41. The number of nitrogens with zero attached hydrogens (tertiary/aromatic N) is 1. The monoisotopic (exact) mass is 482 g/mol. The van der Waals surface area contributed by atoms with Crippen molar-refractivity contribution in [3.05, 3.63) is 75.1 Å². The lowest BCUT2D eigenvalue weighted by Crippen LogP contribution is -2.21. The van der Waals surface area contributed by atoms with Gasteiger partial charge in [-0.25, -0.2) is 9.59 Å². The Bertz CT molecular complexity index is 1420. The standard InChI is InChI=1S/C24H19ClN2O7/c1-3-31-24(30)21-22(14-4-6-15(25)7-5-14)27-34-23(21)26-19(28)12-32-16-8-9-17-13(2)10-20(29)33-18(17)11-16/h4-11H,3,12H2,1-2H3,(H,26,28). The van der Waals surface area contributed by atoms with Gasteiger partial charge >= 0.3 is 11.6 Å². The van der Waals surface area contributed by atoms with Crippen LogP contribution in [0, 0.1) is 6.92 Å².